The Balaban J connectivity index is 2.51. The predicted octanol–water partition coefficient (Wildman–Crippen LogP) is 1.47. The number of Topliss-reactive ketones (excluding diaryl/α,β-unsaturated/α-hetero) is 1. The minimum Gasteiger partial charge on any atom is -0.481 e. The Bertz CT molecular complexity index is 508. The van der Waals surface area contributed by atoms with Crippen molar-refractivity contribution in [3.05, 3.63) is 34.9 Å². The Morgan fingerprint density at radius 2 is 1.84 bits per heavy atom. The molecular weight excluding hydrogens is 246 g/mol. The van der Waals surface area contributed by atoms with E-state index in [2.05, 4.69) is 5.32 Å². The second kappa shape index (κ2) is 6.68. The third-order valence-electron chi connectivity index (χ3n) is 2.69. The third kappa shape index (κ3) is 4.91. The first-order chi connectivity index (χ1) is 8.90. The summed E-state index contributed by atoms with van der Waals surface area (Å²) in [7, 11) is 0. The lowest BCUT2D eigenvalue weighted by Crippen LogP contribution is -2.30. The van der Waals surface area contributed by atoms with Gasteiger partial charge in [-0.2, -0.15) is 0 Å². The molecule has 0 heterocycles. The molecule has 0 bridgehead atoms. The highest BCUT2D eigenvalue weighted by Crippen LogP contribution is 2.10. The van der Waals surface area contributed by atoms with Crippen molar-refractivity contribution < 1.29 is 19.5 Å². The summed E-state index contributed by atoms with van der Waals surface area (Å²) in [5.41, 5.74) is 2.51. The first-order valence-electron chi connectivity index (χ1n) is 5.99. The fourth-order valence-corrected chi connectivity index (χ4v) is 1.71. The van der Waals surface area contributed by atoms with Crippen LogP contribution in [0.4, 0.5) is 0 Å². The standard InChI is InChI=1S/C14H17NO4/c1-9-3-4-11(10(2)7-9)12(16)8-15-13(17)5-6-14(18)19/h3-4,7H,5-6,8H2,1-2H3,(H,15,17)(H,18,19). The van der Waals surface area contributed by atoms with Gasteiger partial charge in [0.2, 0.25) is 5.91 Å². The molecule has 0 aromatic heterocycles. The van der Waals surface area contributed by atoms with Crippen molar-refractivity contribution in [1.29, 1.82) is 0 Å². The van der Waals surface area contributed by atoms with Gasteiger partial charge in [-0.25, -0.2) is 0 Å². The number of carboxylic acids is 1. The van der Waals surface area contributed by atoms with Gasteiger partial charge in [-0.1, -0.05) is 23.8 Å². The molecule has 19 heavy (non-hydrogen) atoms. The van der Waals surface area contributed by atoms with Gasteiger partial charge in [0.25, 0.3) is 0 Å². The Kier molecular flexibility index (Phi) is 5.23. The first-order valence-corrected chi connectivity index (χ1v) is 5.99. The summed E-state index contributed by atoms with van der Waals surface area (Å²) in [6.45, 7) is 3.67. The molecule has 0 aliphatic heterocycles. The molecule has 5 nitrogen and oxygen atoms in total. The average Bonchev–Trinajstić information content (AvgIpc) is 2.33. The molecule has 0 atom stereocenters. The van der Waals surface area contributed by atoms with E-state index in [1.807, 2.05) is 26.0 Å². The number of hydrogen-bond acceptors (Lipinski definition) is 3. The van der Waals surface area contributed by atoms with Gasteiger partial charge in [0.15, 0.2) is 5.78 Å². The average molecular weight is 263 g/mol. The number of amides is 1. The maximum Gasteiger partial charge on any atom is 0.303 e. The van der Waals surface area contributed by atoms with E-state index < -0.39 is 11.9 Å². The Hall–Kier alpha value is -2.17. The molecule has 0 fully saturated rings. The van der Waals surface area contributed by atoms with Crippen LogP contribution in [0.25, 0.3) is 0 Å². The lowest BCUT2D eigenvalue weighted by atomic mass is 10.0. The zero-order chi connectivity index (χ0) is 14.4. The van der Waals surface area contributed by atoms with E-state index in [0.29, 0.717) is 5.56 Å². The van der Waals surface area contributed by atoms with Gasteiger partial charge in [0.1, 0.15) is 0 Å². The summed E-state index contributed by atoms with van der Waals surface area (Å²) < 4.78 is 0. The fourth-order valence-electron chi connectivity index (χ4n) is 1.71. The highest BCUT2D eigenvalue weighted by Gasteiger charge is 2.11. The van der Waals surface area contributed by atoms with E-state index >= 15 is 0 Å². The molecule has 1 rings (SSSR count). The van der Waals surface area contributed by atoms with E-state index in [4.69, 9.17) is 5.11 Å². The number of aliphatic carboxylic acids is 1. The van der Waals surface area contributed by atoms with Crippen LogP contribution in [-0.4, -0.2) is 29.3 Å². The molecule has 0 radical (unpaired) electrons. The monoisotopic (exact) mass is 263 g/mol. The molecule has 5 heteroatoms. The number of benzene rings is 1. The van der Waals surface area contributed by atoms with Crippen LogP contribution in [0, 0.1) is 13.8 Å². The Morgan fingerprint density at radius 1 is 1.16 bits per heavy atom. The second-order valence-corrected chi connectivity index (χ2v) is 4.41. The number of ketones is 1. The highest BCUT2D eigenvalue weighted by molar-refractivity contribution is 6.00. The van der Waals surface area contributed by atoms with Crippen molar-refractivity contribution in [2.24, 2.45) is 0 Å². The smallest absolute Gasteiger partial charge is 0.303 e. The van der Waals surface area contributed by atoms with E-state index in [1.54, 1.807) is 6.07 Å². The maximum absolute atomic E-state index is 11.9. The van der Waals surface area contributed by atoms with Crippen molar-refractivity contribution in [2.45, 2.75) is 26.7 Å². The highest BCUT2D eigenvalue weighted by atomic mass is 16.4. The molecule has 2 N–H and O–H groups in total. The SMILES string of the molecule is Cc1ccc(C(=O)CNC(=O)CCC(=O)O)c(C)c1. The van der Waals surface area contributed by atoms with Crippen LogP contribution in [0.1, 0.15) is 34.3 Å². The number of carbonyl (C=O) groups excluding carboxylic acids is 2. The largest absolute Gasteiger partial charge is 0.481 e. The number of nitrogens with one attached hydrogen (secondary N) is 1. The van der Waals surface area contributed by atoms with Crippen molar-refractivity contribution in [1.82, 2.24) is 5.32 Å². The van der Waals surface area contributed by atoms with E-state index in [0.717, 1.165) is 11.1 Å². The lowest BCUT2D eigenvalue weighted by molar-refractivity contribution is -0.138. The topological polar surface area (TPSA) is 83.5 Å². The van der Waals surface area contributed by atoms with Crippen LogP contribution < -0.4 is 5.32 Å². The Morgan fingerprint density at radius 3 is 2.42 bits per heavy atom. The molecule has 1 aromatic rings. The number of rotatable bonds is 6. The second-order valence-electron chi connectivity index (χ2n) is 4.41. The van der Waals surface area contributed by atoms with Crippen molar-refractivity contribution >= 4 is 17.7 Å². The van der Waals surface area contributed by atoms with Crippen LogP contribution >= 0.6 is 0 Å². The normalized spacial score (nSPS) is 10.0. The first kappa shape index (κ1) is 14.9. The summed E-state index contributed by atoms with van der Waals surface area (Å²) in [6.07, 6.45) is -0.348. The number of carboxylic acid groups (broad SMARTS) is 1. The molecule has 0 aliphatic rings. The van der Waals surface area contributed by atoms with Gasteiger partial charge < -0.3 is 10.4 Å². The predicted molar refractivity (Wildman–Crippen MR) is 70.1 cm³/mol. The van der Waals surface area contributed by atoms with E-state index in [-0.39, 0.29) is 25.2 Å². The van der Waals surface area contributed by atoms with Crippen LogP contribution in [0.2, 0.25) is 0 Å². The van der Waals surface area contributed by atoms with Crippen LogP contribution in [-0.2, 0) is 9.59 Å². The zero-order valence-electron chi connectivity index (χ0n) is 11.0. The number of aryl methyl sites for hydroxylation is 2. The Labute approximate surface area is 111 Å². The summed E-state index contributed by atoms with van der Waals surface area (Å²) in [4.78, 5) is 33.5. The van der Waals surface area contributed by atoms with Gasteiger partial charge in [0.05, 0.1) is 13.0 Å². The zero-order valence-corrected chi connectivity index (χ0v) is 11.0. The van der Waals surface area contributed by atoms with Gasteiger partial charge >= 0.3 is 5.97 Å². The number of carbonyl (C=O) groups is 3. The number of hydrogen-bond donors (Lipinski definition) is 2. The molecular formula is C14H17NO4. The van der Waals surface area contributed by atoms with E-state index in [9.17, 15) is 14.4 Å². The molecule has 0 spiro atoms. The quantitative estimate of drug-likeness (QED) is 0.761. The van der Waals surface area contributed by atoms with Crippen molar-refractivity contribution in [3.63, 3.8) is 0 Å². The third-order valence-corrected chi connectivity index (χ3v) is 2.69. The van der Waals surface area contributed by atoms with Crippen LogP contribution in [0.3, 0.4) is 0 Å². The minimum absolute atomic E-state index is 0.109. The van der Waals surface area contributed by atoms with Gasteiger partial charge in [-0.3, -0.25) is 14.4 Å². The molecule has 102 valence electrons. The minimum atomic E-state index is -1.03. The van der Waals surface area contributed by atoms with Crippen LogP contribution in [0.15, 0.2) is 18.2 Å². The van der Waals surface area contributed by atoms with Gasteiger partial charge in [-0.15, -0.1) is 0 Å². The lowest BCUT2D eigenvalue weighted by Gasteiger charge is -2.07. The van der Waals surface area contributed by atoms with E-state index in [1.165, 1.54) is 0 Å². The summed E-state index contributed by atoms with van der Waals surface area (Å²) in [5, 5.41) is 10.9. The molecule has 0 unspecified atom stereocenters. The molecule has 0 aliphatic carbocycles. The van der Waals surface area contributed by atoms with Crippen molar-refractivity contribution in [3.8, 4) is 0 Å². The molecule has 0 saturated heterocycles. The maximum atomic E-state index is 11.9. The summed E-state index contributed by atoms with van der Waals surface area (Å²) in [6, 6.07) is 5.47. The molecule has 1 amide bonds. The summed E-state index contributed by atoms with van der Waals surface area (Å²) in [5.74, 6) is -1.64. The fraction of sp³-hybridized carbons (Fsp3) is 0.357. The van der Waals surface area contributed by atoms with Gasteiger partial charge in [-0.05, 0) is 19.4 Å². The van der Waals surface area contributed by atoms with Gasteiger partial charge in [0, 0.05) is 12.0 Å². The van der Waals surface area contributed by atoms with Crippen LogP contribution in [0.5, 0.6) is 0 Å². The molecule has 0 saturated carbocycles. The summed E-state index contributed by atoms with van der Waals surface area (Å²) >= 11 is 0. The van der Waals surface area contributed by atoms with Crippen molar-refractivity contribution in [2.75, 3.05) is 6.54 Å². The molecule has 1 aromatic carbocycles.